The van der Waals surface area contributed by atoms with Crippen LogP contribution in [0.5, 0.6) is 17.4 Å². The Bertz CT molecular complexity index is 1720. The molecule has 0 bridgehead atoms. The average molecular weight is 596 g/mol. The quantitative estimate of drug-likeness (QED) is 0.137. The number of amides is 1. The van der Waals surface area contributed by atoms with E-state index < -0.39 is 31.4 Å². The minimum Gasteiger partial charge on any atom is -0.497 e. The normalized spacial score (nSPS) is 11.2. The van der Waals surface area contributed by atoms with Crippen LogP contribution in [-0.4, -0.2) is 56.4 Å². The number of methoxy groups -OCH3 is 2. The molecule has 0 aliphatic rings. The predicted molar refractivity (Wildman–Crippen MR) is 154 cm³/mol. The lowest BCUT2D eigenvalue weighted by atomic mass is 10.2. The summed E-state index contributed by atoms with van der Waals surface area (Å²) in [5.41, 5.74) is 1.85. The van der Waals surface area contributed by atoms with Gasteiger partial charge < -0.3 is 19.5 Å². The van der Waals surface area contributed by atoms with Gasteiger partial charge in [-0.1, -0.05) is 12.1 Å². The molecule has 0 atom stereocenters. The standard InChI is InChI=1S/C28H29N5O8S/c1-18-6-5-7-20(16-18)30-27(34)26-19(2)28(32(31-26)21-8-11-23(40-4)12-9-21)41-24-13-10-22(33(35)36)17-25(24)42(37,38)29-14-15-39-3/h5-13,16-17,29H,14-15H2,1-4H3,(H,30,34). The van der Waals surface area contributed by atoms with Crippen LogP contribution in [0.25, 0.3) is 5.69 Å². The number of aromatic nitrogens is 2. The molecule has 220 valence electrons. The first-order valence-electron chi connectivity index (χ1n) is 12.6. The number of benzene rings is 3. The van der Waals surface area contributed by atoms with Gasteiger partial charge in [0.2, 0.25) is 15.9 Å². The number of rotatable bonds is 12. The number of sulfonamides is 1. The number of aryl methyl sites for hydroxylation is 1. The topological polar surface area (TPSA) is 164 Å². The Morgan fingerprint density at radius 1 is 1.05 bits per heavy atom. The largest absolute Gasteiger partial charge is 0.497 e. The SMILES string of the molecule is COCCNS(=O)(=O)c1cc([N+](=O)[O-])ccc1Oc1c(C)c(C(=O)Nc2cccc(C)c2)nn1-c1ccc(OC)cc1. The van der Waals surface area contributed by atoms with Gasteiger partial charge in [0, 0.05) is 37.0 Å². The van der Waals surface area contributed by atoms with Crippen LogP contribution in [-0.2, 0) is 14.8 Å². The zero-order valence-corrected chi connectivity index (χ0v) is 24.1. The highest BCUT2D eigenvalue weighted by atomic mass is 32.2. The second-order valence-electron chi connectivity index (χ2n) is 9.09. The van der Waals surface area contributed by atoms with Crippen LogP contribution in [0.2, 0.25) is 0 Å². The van der Waals surface area contributed by atoms with Gasteiger partial charge >= 0.3 is 0 Å². The van der Waals surface area contributed by atoms with Crippen molar-refractivity contribution in [3.05, 3.63) is 93.7 Å². The maximum absolute atomic E-state index is 13.3. The molecule has 42 heavy (non-hydrogen) atoms. The molecule has 4 rings (SSSR count). The van der Waals surface area contributed by atoms with Crippen LogP contribution in [0.3, 0.4) is 0 Å². The number of hydrogen-bond donors (Lipinski definition) is 2. The third kappa shape index (κ3) is 6.74. The van der Waals surface area contributed by atoms with Crippen molar-refractivity contribution in [1.82, 2.24) is 14.5 Å². The van der Waals surface area contributed by atoms with E-state index in [1.807, 2.05) is 13.0 Å². The number of carbonyl (C=O) groups is 1. The van der Waals surface area contributed by atoms with Crippen LogP contribution in [0.1, 0.15) is 21.6 Å². The van der Waals surface area contributed by atoms with Gasteiger partial charge in [-0.05, 0) is 61.9 Å². The summed E-state index contributed by atoms with van der Waals surface area (Å²) in [6.45, 7) is 3.50. The van der Waals surface area contributed by atoms with Gasteiger partial charge in [0.1, 0.15) is 16.4 Å². The van der Waals surface area contributed by atoms with Gasteiger partial charge in [0.05, 0.1) is 24.3 Å². The summed E-state index contributed by atoms with van der Waals surface area (Å²) >= 11 is 0. The fourth-order valence-electron chi connectivity index (χ4n) is 3.99. The zero-order valence-electron chi connectivity index (χ0n) is 23.3. The monoisotopic (exact) mass is 595 g/mol. The minimum atomic E-state index is -4.28. The molecular formula is C28H29N5O8S. The Morgan fingerprint density at radius 2 is 1.79 bits per heavy atom. The summed E-state index contributed by atoms with van der Waals surface area (Å²) in [6, 6.07) is 17.2. The molecule has 0 unspecified atom stereocenters. The maximum atomic E-state index is 13.3. The Hall–Kier alpha value is -4.79. The Morgan fingerprint density at radius 3 is 2.43 bits per heavy atom. The molecular weight excluding hydrogens is 566 g/mol. The molecule has 3 aromatic carbocycles. The van der Waals surface area contributed by atoms with Gasteiger partial charge in [0.25, 0.3) is 11.6 Å². The molecule has 4 aromatic rings. The van der Waals surface area contributed by atoms with Gasteiger partial charge in [-0.2, -0.15) is 9.78 Å². The van der Waals surface area contributed by atoms with E-state index in [9.17, 15) is 23.3 Å². The Kier molecular flexibility index (Phi) is 9.20. The number of nitro groups is 1. The van der Waals surface area contributed by atoms with Crippen molar-refractivity contribution in [2.45, 2.75) is 18.7 Å². The summed E-state index contributed by atoms with van der Waals surface area (Å²) < 4.78 is 46.3. The summed E-state index contributed by atoms with van der Waals surface area (Å²) in [5.74, 6) is -0.132. The van der Waals surface area contributed by atoms with Crippen LogP contribution in [0.15, 0.2) is 71.6 Å². The van der Waals surface area contributed by atoms with Crippen molar-refractivity contribution >= 4 is 27.3 Å². The number of carbonyl (C=O) groups excluding carboxylic acids is 1. The third-order valence-electron chi connectivity index (χ3n) is 6.11. The number of nitro benzene ring substituents is 1. The lowest BCUT2D eigenvalue weighted by molar-refractivity contribution is -0.385. The lowest BCUT2D eigenvalue weighted by Crippen LogP contribution is -2.27. The molecule has 0 aliphatic heterocycles. The van der Waals surface area contributed by atoms with E-state index in [0.717, 1.165) is 17.7 Å². The van der Waals surface area contributed by atoms with Gasteiger partial charge in [0.15, 0.2) is 5.69 Å². The fraction of sp³-hybridized carbons (Fsp3) is 0.214. The van der Waals surface area contributed by atoms with Crippen molar-refractivity contribution in [3.63, 3.8) is 0 Å². The first-order valence-corrected chi connectivity index (χ1v) is 14.1. The molecule has 0 spiro atoms. The summed E-state index contributed by atoms with van der Waals surface area (Å²) in [4.78, 5) is 23.6. The number of anilines is 1. The number of ether oxygens (including phenoxy) is 3. The molecule has 14 heteroatoms. The van der Waals surface area contributed by atoms with E-state index in [1.54, 1.807) is 49.4 Å². The van der Waals surface area contributed by atoms with E-state index in [1.165, 1.54) is 25.0 Å². The Labute approximate surface area is 242 Å². The smallest absolute Gasteiger partial charge is 0.276 e. The lowest BCUT2D eigenvalue weighted by Gasteiger charge is -2.14. The number of hydrogen-bond acceptors (Lipinski definition) is 9. The van der Waals surface area contributed by atoms with Crippen LogP contribution < -0.4 is 19.5 Å². The van der Waals surface area contributed by atoms with Gasteiger partial charge in [-0.15, -0.1) is 0 Å². The first-order chi connectivity index (χ1) is 20.0. The molecule has 0 saturated heterocycles. The average Bonchev–Trinajstić information content (AvgIpc) is 3.29. The second-order valence-corrected chi connectivity index (χ2v) is 10.8. The third-order valence-corrected chi connectivity index (χ3v) is 7.59. The Balaban J connectivity index is 1.83. The summed E-state index contributed by atoms with van der Waals surface area (Å²) in [5, 5.41) is 18.8. The van der Waals surface area contributed by atoms with Crippen molar-refractivity contribution in [2.75, 3.05) is 32.7 Å². The number of nitrogens with one attached hydrogen (secondary N) is 2. The first kappa shape index (κ1) is 30.2. The van der Waals surface area contributed by atoms with E-state index in [-0.39, 0.29) is 30.5 Å². The van der Waals surface area contributed by atoms with Crippen LogP contribution >= 0.6 is 0 Å². The fourth-order valence-corrected chi connectivity index (χ4v) is 5.15. The predicted octanol–water partition coefficient (Wildman–Crippen LogP) is 4.38. The van der Waals surface area contributed by atoms with Crippen LogP contribution in [0.4, 0.5) is 11.4 Å². The van der Waals surface area contributed by atoms with E-state index in [4.69, 9.17) is 14.2 Å². The molecule has 13 nitrogen and oxygen atoms in total. The van der Waals surface area contributed by atoms with Crippen molar-refractivity contribution < 1.29 is 32.3 Å². The molecule has 0 aliphatic carbocycles. The molecule has 2 N–H and O–H groups in total. The van der Waals surface area contributed by atoms with Crippen LogP contribution in [0, 0.1) is 24.0 Å². The maximum Gasteiger partial charge on any atom is 0.276 e. The van der Waals surface area contributed by atoms with E-state index >= 15 is 0 Å². The van der Waals surface area contributed by atoms with Crippen molar-refractivity contribution in [2.24, 2.45) is 0 Å². The highest BCUT2D eigenvalue weighted by Crippen LogP contribution is 2.36. The minimum absolute atomic E-state index is 0.0202. The summed E-state index contributed by atoms with van der Waals surface area (Å²) in [7, 11) is -1.35. The molecule has 0 saturated carbocycles. The molecule has 0 fully saturated rings. The second kappa shape index (κ2) is 12.8. The molecule has 1 aromatic heterocycles. The van der Waals surface area contributed by atoms with Crippen molar-refractivity contribution in [1.29, 1.82) is 0 Å². The van der Waals surface area contributed by atoms with Crippen molar-refractivity contribution in [3.8, 4) is 23.1 Å². The van der Waals surface area contributed by atoms with E-state index in [2.05, 4.69) is 15.1 Å². The number of nitrogens with zero attached hydrogens (tertiary/aromatic N) is 3. The molecule has 1 amide bonds. The highest BCUT2D eigenvalue weighted by molar-refractivity contribution is 7.89. The highest BCUT2D eigenvalue weighted by Gasteiger charge is 2.28. The molecule has 0 radical (unpaired) electrons. The van der Waals surface area contributed by atoms with Gasteiger partial charge in [-0.3, -0.25) is 14.9 Å². The van der Waals surface area contributed by atoms with E-state index in [0.29, 0.717) is 22.7 Å². The molecule has 1 heterocycles. The number of non-ortho nitro benzene ring substituents is 1. The zero-order chi connectivity index (χ0) is 30.4. The van der Waals surface area contributed by atoms with Gasteiger partial charge in [-0.25, -0.2) is 13.1 Å². The summed E-state index contributed by atoms with van der Waals surface area (Å²) in [6.07, 6.45) is 0.